The van der Waals surface area contributed by atoms with Crippen LogP contribution >= 0.6 is 0 Å². The molecule has 0 aliphatic carbocycles. The Bertz CT molecular complexity index is 321. The predicted molar refractivity (Wildman–Crippen MR) is 56.3 cm³/mol. The molecule has 4 heteroatoms. The summed E-state index contributed by atoms with van der Waals surface area (Å²) in [6.07, 6.45) is 5.36. The van der Waals surface area contributed by atoms with E-state index in [1.54, 1.807) is 16.8 Å². The Balaban J connectivity index is 2.39. The Labute approximate surface area is 84.0 Å². The number of hydrogen-bond acceptors (Lipinski definition) is 3. The second-order valence-electron chi connectivity index (χ2n) is 3.43. The SMILES string of the molecule is CNC(C)CCCn1cccnc1=O. The highest BCUT2D eigenvalue weighted by Crippen LogP contribution is 1.97. The normalized spacial score (nSPS) is 12.7. The van der Waals surface area contributed by atoms with Gasteiger partial charge in [-0.25, -0.2) is 9.78 Å². The summed E-state index contributed by atoms with van der Waals surface area (Å²) in [5.41, 5.74) is -0.162. The van der Waals surface area contributed by atoms with Crippen molar-refractivity contribution in [2.75, 3.05) is 7.05 Å². The van der Waals surface area contributed by atoms with Crippen LogP contribution in [0.3, 0.4) is 0 Å². The Morgan fingerprint density at radius 3 is 3.07 bits per heavy atom. The van der Waals surface area contributed by atoms with Crippen LogP contribution in [0.25, 0.3) is 0 Å². The summed E-state index contributed by atoms with van der Waals surface area (Å²) >= 11 is 0. The Kier molecular flexibility index (Phi) is 4.32. The minimum absolute atomic E-state index is 0.162. The van der Waals surface area contributed by atoms with Crippen LogP contribution in [-0.4, -0.2) is 22.6 Å². The molecule has 14 heavy (non-hydrogen) atoms. The van der Waals surface area contributed by atoms with Gasteiger partial charge in [-0.2, -0.15) is 0 Å². The maximum Gasteiger partial charge on any atom is 0.347 e. The van der Waals surface area contributed by atoms with E-state index >= 15 is 0 Å². The van der Waals surface area contributed by atoms with Crippen molar-refractivity contribution in [2.45, 2.75) is 32.4 Å². The zero-order valence-corrected chi connectivity index (χ0v) is 8.73. The lowest BCUT2D eigenvalue weighted by Crippen LogP contribution is -2.24. The number of nitrogens with zero attached hydrogens (tertiary/aromatic N) is 2. The second kappa shape index (κ2) is 5.54. The smallest absolute Gasteiger partial charge is 0.317 e. The molecule has 78 valence electrons. The van der Waals surface area contributed by atoms with E-state index in [9.17, 15) is 4.79 Å². The Hall–Kier alpha value is -1.16. The first-order valence-corrected chi connectivity index (χ1v) is 4.92. The second-order valence-corrected chi connectivity index (χ2v) is 3.43. The topological polar surface area (TPSA) is 46.9 Å². The van der Waals surface area contributed by atoms with E-state index in [-0.39, 0.29) is 5.69 Å². The molecule has 0 spiro atoms. The van der Waals surface area contributed by atoms with Crippen LogP contribution in [0, 0.1) is 0 Å². The summed E-state index contributed by atoms with van der Waals surface area (Å²) in [5.74, 6) is 0. The van der Waals surface area contributed by atoms with Crippen molar-refractivity contribution in [1.82, 2.24) is 14.9 Å². The Morgan fingerprint density at radius 1 is 1.64 bits per heavy atom. The number of rotatable bonds is 5. The summed E-state index contributed by atoms with van der Waals surface area (Å²) in [7, 11) is 1.95. The van der Waals surface area contributed by atoms with Crippen LogP contribution in [0.1, 0.15) is 19.8 Å². The summed E-state index contributed by atoms with van der Waals surface area (Å²) in [5, 5.41) is 3.16. The molecule has 1 aromatic heterocycles. The average molecular weight is 195 g/mol. The lowest BCUT2D eigenvalue weighted by atomic mass is 10.2. The molecule has 1 heterocycles. The molecule has 1 N–H and O–H groups in total. The van der Waals surface area contributed by atoms with Crippen molar-refractivity contribution < 1.29 is 0 Å². The first-order valence-electron chi connectivity index (χ1n) is 4.92. The van der Waals surface area contributed by atoms with Gasteiger partial charge in [0, 0.05) is 25.0 Å². The monoisotopic (exact) mass is 195 g/mol. The molecule has 1 atom stereocenters. The van der Waals surface area contributed by atoms with E-state index in [2.05, 4.69) is 17.2 Å². The van der Waals surface area contributed by atoms with Gasteiger partial charge in [0.15, 0.2) is 0 Å². The lowest BCUT2D eigenvalue weighted by molar-refractivity contribution is 0.498. The minimum atomic E-state index is -0.162. The third-order valence-electron chi connectivity index (χ3n) is 2.31. The fourth-order valence-electron chi connectivity index (χ4n) is 1.27. The summed E-state index contributed by atoms with van der Waals surface area (Å²) < 4.78 is 1.64. The van der Waals surface area contributed by atoms with Crippen molar-refractivity contribution in [3.63, 3.8) is 0 Å². The molecule has 1 rings (SSSR count). The van der Waals surface area contributed by atoms with Crippen LogP contribution < -0.4 is 11.0 Å². The molecule has 0 amide bonds. The molecule has 0 saturated heterocycles. The molecule has 0 aliphatic heterocycles. The van der Waals surface area contributed by atoms with E-state index < -0.39 is 0 Å². The van der Waals surface area contributed by atoms with Gasteiger partial charge < -0.3 is 5.32 Å². The molecular weight excluding hydrogens is 178 g/mol. The van der Waals surface area contributed by atoms with E-state index in [1.165, 1.54) is 6.20 Å². The zero-order chi connectivity index (χ0) is 10.4. The van der Waals surface area contributed by atoms with Crippen molar-refractivity contribution in [2.24, 2.45) is 0 Å². The predicted octanol–water partition coefficient (Wildman–Crippen LogP) is 0.631. The molecule has 0 aliphatic rings. The summed E-state index contributed by atoms with van der Waals surface area (Å²) in [6, 6.07) is 2.28. The van der Waals surface area contributed by atoms with Crippen LogP contribution in [-0.2, 0) is 6.54 Å². The number of aryl methyl sites for hydroxylation is 1. The molecule has 0 radical (unpaired) electrons. The first-order chi connectivity index (χ1) is 6.74. The van der Waals surface area contributed by atoms with E-state index in [0.29, 0.717) is 6.04 Å². The quantitative estimate of drug-likeness (QED) is 0.749. The molecule has 4 nitrogen and oxygen atoms in total. The molecule has 0 saturated carbocycles. The zero-order valence-electron chi connectivity index (χ0n) is 8.73. The molecule has 1 aromatic rings. The Morgan fingerprint density at radius 2 is 2.43 bits per heavy atom. The lowest BCUT2D eigenvalue weighted by Gasteiger charge is -2.09. The maximum atomic E-state index is 11.2. The third-order valence-corrected chi connectivity index (χ3v) is 2.31. The molecule has 0 bridgehead atoms. The van der Waals surface area contributed by atoms with Gasteiger partial charge >= 0.3 is 5.69 Å². The van der Waals surface area contributed by atoms with Gasteiger partial charge in [0.05, 0.1) is 0 Å². The maximum absolute atomic E-state index is 11.2. The highest BCUT2D eigenvalue weighted by molar-refractivity contribution is 4.80. The van der Waals surface area contributed by atoms with Crippen LogP contribution in [0.2, 0.25) is 0 Å². The number of nitrogens with one attached hydrogen (secondary N) is 1. The molecular formula is C10H17N3O. The first kappa shape index (κ1) is 10.9. The number of aromatic nitrogens is 2. The fraction of sp³-hybridized carbons (Fsp3) is 0.600. The van der Waals surface area contributed by atoms with Gasteiger partial charge in [-0.1, -0.05) is 0 Å². The van der Waals surface area contributed by atoms with Gasteiger partial charge in [0.25, 0.3) is 0 Å². The van der Waals surface area contributed by atoms with Gasteiger partial charge in [-0.3, -0.25) is 4.57 Å². The average Bonchev–Trinajstić information content (AvgIpc) is 2.20. The van der Waals surface area contributed by atoms with Crippen LogP contribution in [0.5, 0.6) is 0 Å². The standard InChI is InChI=1S/C10H17N3O/c1-9(11-2)5-3-7-13-8-4-6-12-10(13)14/h4,6,8-9,11H,3,5,7H2,1-2H3. The van der Waals surface area contributed by atoms with E-state index in [0.717, 1.165) is 19.4 Å². The van der Waals surface area contributed by atoms with Gasteiger partial charge in [0.2, 0.25) is 0 Å². The van der Waals surface area contributed by atoms with Gasteiger partial charge in [0.1, 0.15) is 0 Å². The molecule has 0 aromatic carbocycles. The van der Waals surface area contributed by atoms with E-state index in [4.69, 9.17) is 0 Å². The largest absolute Gasteiger partial charge is 0.347 e. The highest BCUT2D eigenvalue weighted by Gasteiger charge is 1.99. The molecule has 1 unspecified atom stereocenters. The van der Waals surface area contributed by atoms with Crippen molar-refractivity contribution in [1.29, 1.82) is 0 Å². The highest BCUT2D eigenvalue weighted by atomic mass is 16.1. The number of hydrogen-bond donors (Lipinski definition) is 1. The van der Waals surface area contributed by atoms with Crippen molar-refractivity contribution in [3.8, 4) is 0 Å². The van der Waals surface area contributed by atoms with Crippen molar-refractivity contribution >= 4 is 0 Å². The van der Waals surface area contributed by atoms with Crippen LogP contribution in [0.4, 0.5) is 0 Å². The summed E-state index contributed by atoms with van der Waals surface area (Å²) in [4.78, 5) is 14.9. The van der Waals surface area contributed by atoms with Gasteiger partial charge in [-0.05, 0) is 32.9 Å². The van der Waals surface area contributed by atoms with Crippen molar-refractivity contribution in [3.05, 3.63) is 28.9 Å². The third kappa shape index (κ3) is 3.30. The van der Waals surface area contributed by atoms with Gasteiger partial charge in [-0.15, -0.1) is 0 Å². The fourth-order valence-corrected chi connectivity index (χ4v) is 1.27. The minimum Gasteiger partial charge on any atom is -0.317 e. The van der Waals surface area contributed by atoms with Crippen LogP contribution in [0.15, 0.2) is 23.3 Å². The summed E-state index contributed by atoms with van der Waals surface area (Å²) in [6.45, 7) is 2.88. The van der Waals surface area contributed by atoms with E-state index in [1.807, 2.05) is 7.05 Å². The molecule has 0 fully saturated rings.